The van der Waals surface area contributed by atoms with E-state index in [0.717, 1.165) is 17.1 Å². The number of H-pyrrole nitrogens is 1. The molecular weight excluding hydrogens is 228 g/mol. The summed E-state index contributed by atoms with van der Waals surface area (Å²) >= 11 is 0. The third-order valence-electron chi connectivity index (χ3n) is 2.90. The van der Waals surface area contributed by atoms with E-state index < -0.39 is 0 Å². The van der Waals surface area contributed by atoms with E-state index in [0.29, 0.717) is 11.3 Å². The smallest absolute Gasteiger partial charge is 0.211 e. The van der Waals surface area contributed by atoms with E-state index in [9.17, 15) is 4.79 Å². The van der Waals surface area contributed by atoms with E-state index in [-0.39, 0.29) is 5.78 Å². The van der Waals surface area contributed by atoms with E-state index in [1.807, 2.05) is 30.3 Å². The van der Waals surface area contributed by atoms with Gasteiger partial charge < -0.3 is 15.0 Å². The van der Waals surface area contributed by atoms with Gasteiger partial charge in [0, 0.05) is 29.2 Å². The number of ether oxygens (including phenoxy) is 1. The number of para-hydroxylation sites is 1. The Hall–Kier alpha value is -2.49. The molecule has 0 spiro atoms. The highest BCUT2D eigenvalue weighted by Crippen LogP contribution is 2.28. The maximum atomic E-state index is 12.1. The van der Waals surface area contributed by atoms with Crippen molar-refractivity contribution in [2.24, 2.45) is 0 Å². The van der Waals surface area contributed by atoms with Crippen LogP contribution in [-0.4, -0.2) is 17.9 Å². The molecule has 4 heteroatoms. The Morgan fingerprint density at radius 3 is 2.83 bits per heavy atom. The van der Waals surface area contributed by atoms with E-state index >= 15 is 0 Å². The standard InChI is InChI=1S/C14H12N2O2/c1-18-10-6-9(15-8-10)7-13-14(17)11-4-2-3-5-12(11)16-13/h2-8,15-16H,1H3/b13-7+. The Kier molecular flexibility index (Phi) is 2.41. The minimum Gasteiger partial charge on any atom is -0.495 e. The van der Waals surface area contributed by atoms with E-state index in [4.69, 9.17) is 4.74 Å². The first-order valence-corrected chi connectivity index (χ1v) is 5.63. The Labute approximate surface area is 104 Å². The number of aromatic nitrogens is 1. The molecule has 1 aliphatic heterocycles. The van der Waals surface area contributed by atoms with E-state index in [1.54, 1.807) is 19.4 Å². The van der Waals surface area contributed by atoms with Crippen LogP contribution in [0.2, 0.25) is 0 Å². The van der Waals surface area contributed by atoms with Gasteiger partial charge in [0.15, 0.2) is 0 Å². The normalized spacial score (nSPS) is 15.6. The highest BCUT2D eigenvalue weighted by molar-refractivity contribution is 6.20. The minimum atomic E-state index is 0.0131. The van der Waals surface area contributed by atoms with Crippen LogP contribution in [0.3, 0.4) is 0 Å². The number of methoxy groups -OCH3 is 1. The second kappa shape index (κ2) is 4.07. The Morgan fingerprint density at radius 1 is 1.28 bits per heavy atom. The molecule has 0 unspecified atom stereocenters. The predicted octanol–water partition coefficient (Wildman–Crippen LogP) is 2.67. The molecule has 0 radical (unpaired) electrons. The van der Waals surface area contributed by atoms with E-state index in [1.165, 1.54) is 0 Å². The summed E-state index contributed by atoms with van der Waals surface area (Å²) in [7, 11) is 1.61. The number of hydrogen-bond donors (Lipinski definition) is 2. The molecule has 0 saturated carbocycles. The van der Waals surface area contributed by atoms with Crippen LogP contribution in [-0.2, 0) is 0 Å². The first-order chi connectivity index (χ1) is 8.78. The zero-order valence-electron chi connectivity index (χ0n) is 9.86. The second-order valence-electron chi connectivity index (χ2n) is 4.05. The fourth-order valence-corrected chi connectivity index (χ4v) is 1.99. The van der Waals surface area contributed by atoms with Crippen LogP contribution in [0.25, 0.3) is 6.08 Å². The number of rotatable bonds is 2. The van der Waals surface area contributed by atoms with Crippen LogP contribution in [0.1, 0.15) is 16.1 Å². The zero-order chi connectivity index (χ0) is 12.5. The summed E-state index contributed by atoms with van der Waals surface area (Å²) < 4.78 is 5.08. The summed E-state index contributed by atoms with van der Waals surface area (Å²) in [5.41, 5.74) is 2.96. The lowest BCUT2D eigenvalue weighted by Gasteiger charge is -1.96. The first kappa shape index (κ1) is 10.7. The quantitative estimate of drug-likeness (QED) is 0.793. The molecule has 2 aromatic rings. The summed E-state index contributed by atoms with van der Waals surface area (Å²) in [6.07, 6.45) is 3.53. The lowest BCUT2D eigenvalue weighted by Crippen LogP contribution is -1.99. The van der Waals surface area contributed by atoms with Gasteiger partial charge in [0.05, 0.1) is 12.8 Å². The minimum absolute atomic E-state index is 0.0131. The van der Waals surface area contributed by atoms with Crippen molar-refractivity contribution < 1.29 is 9.53 Å². The SMILES string of the molecule is COc1c[nH]c(/C=C2/Nc3ccccc3C2=O)c1. The number of anilines is 1. The molecule has 0 fully saturated rings. The van der Waals surface area contributed by atoms with Gasteiger partial charge in [0.2, 0.25) is 5.78 Å². The summed E-state index contributed by atoms with van der Waals surface area (Å²) in [4.78, 5) is 15.1. The molecular formula is C14H12N2O2. The molecule has 1 aromatic carbocycles. The van der Waals surface area contributed by atoms with Crippen LogP contribution in [0.15, 0.2) is 42.2 Å². The van der Waals surface area contributed by atoms with Gasteiger partial charge in [-0.15, -0.1) is 0 Å². The lowest BCUT2D eigenvalue weighted by atomic mass is 10.1. The molecule has 4 nitrogen and oxygen atoms in total. The topological polar surface area (TPSA) is 54.1 Å². The van der Waals surface area contributed by atoms with Crippen molar-refractivity contribution >= 4 is 17.5 Å². The predicted molar refractivity (Wildman–Crippen MR) is 69.7 cm³/mol. The number of carbonyl (C=O) groups is 1. The van der Waals surface area contributed by atoms with Crippen molar-refractivity contribution in [2.75, 3.05) is 12.4 Å². The number of allylic oxidation sites excluding steroid dienone is 1. The monoisotopic (exact) mass is 240 g/mol. The summed E-state index contributed by atoms with van der Waals surface area (Å²) in [5.74, 6) is 0.754. The molecule has 2 heterocycles. The average molecular weight is 240 g/mol. The van der Waals surface area contributed by atoms with Crippen molar-refractivity contribution in [3.63, 3.8) is 0 Å². The van der Waals surface area contributed by atoms with Crippen molar-refractivity contribution in [1.82, 2.24) is 4.98 Å². The van der Waals surface area contributed by atoms with Crippen LogP contribution in [0.5, 0.6) is 5.75 Å². The number of fused-ring (bicyclic) bond motifs is 1. The molecule has 1 aliphatic rings. The lowest BCUT2D eigenvalue weighted by molar-refractivity contribution is 0.104. The summed E-state index contributed by atoms with van der Waals surface area (Å²) in [6, 6.07) is 9.31. The highest BCUT2D eigenvalue weighted by atomic mass is 16.5. The van der Waals surface area contributed by atoms with Gasteiger partial charge in [0.1, 0.15) is 5.75 Å². The maximum absolute atomic E-state index is 12.1. The molecule has 1 aromatic heterocycles. The van der Waals surface area contributed by atoms with Gasteiger partial charge >= 0.3 is 0 Å². The maximum Gasteiger partial charge on any atom is 0.211 e. The summed E-state index contributed by atoms with van der Waals surface area (Å²) in [6.45, 7) is 0. The second-order valence-corrected chi connectivity index (χ2v) is 4.05. The molecule has 0 bridgehead atoms. The van der Waals surface area contributed by atoms with Gasteiger partial charge in [-0.1, -0.05) is 12.1 Å². The number of carbonyl (C=O) groups excluding carboxylic acids is 1. The van der Waals surface area contributed by atoms with Crippen molar-refractivity contribution in [1.29, 1.82) is 0 Å². The van der Waals surface area contributed by atoms with Crippen LogP contribution in [0, 0.1) is 0 Å². The number of aromatic amines is 1. The first-order valence-electron chi connectivity index (χ1n) is 5.63. The van der Waals surface area contributed by atoms with Crippen molar-refractivity contribution in [2.45, 2.75) is 0 Å². The average Bonchev–Trinajstić information content (AvgIpc) is 2.97. The largest absolute Gasteiger partial charge is 0.495 e. The molecule has 0 atom stereocenters. The number of nitrogens with one attached hydrogen (secondary N) is 2. The third kappa shape index (κ3) is 1.68. The number of benzene rings is 1. The van der Waals surface area contributed by atoms with Crippen LogP contribution in [0.4, 0.5) is 5.69 Å². The van der Waals surface area contributed by atoms with Crippen molar-refractivity contribution in [3.8, 4) is 5.75 Å². The van der Waals surface area contributed by atoms with Crippen LogP contribution < -0.4 is 10.1 Å². The van der Waals surface area contributed by atoms with E-state index in [2.05, 4.69) is 10.3 Å². The Morgan fingerprint density at radius 2 is 2.11 bits per heavy atom. The zero-order valence-corrected chi connectivity index (χ0v) is 9.86. The molecule has 90 valence electrons. The molecule has 3 rings (SSSR count). The van der Waals surface area contributed by atoms with Gasteiger partial charge in [-0.05, 0) is 18.2 Å². The Bertz CT molecular complexity index is 641. The summed E-state index contributed by atoms with van der Waals surface area (Å²) in [5, 5.41) is 3.11. The van der Waals surface area contributed by atoms with Gasteiger partial charge in [-0.2, -0.15) is 0 Å². The Balaban J connectivity index is 1.94. The number of Topliss-reactive ketones (excluding diaryl/α,β-unsaturated/α-hetero) is 1. The molecule has 18 heavy (non-hydrogen) atoms. The van der Waals surface area contributed by atoms with Gasteiger partial charge in [-0.25, -0.2) is 0 Å². The molecule has 0 aliphatic carbocycles. The van der Waals surface area contributed by atoms with Gasteiger partial charge in [0.25, 0.3) is 0 Å². The molecule has 0 amide bonds. The van der Waals surface area contributed by atoms with Gasteiger partial charge in [-0.3, -0.25) is 4.79 Å². The molecule has 2 N–H and O–H groups in total. The number of ketones is 1. The molecule has 0 saturated heterocycles. The van der Waals surface area contributed by atoms with Crippen molar-refractivity contribution in [3.05, 3.63) is 53.5 Å². The highest BCUT2D eigenvalue weighted by Gasteiger charge is 2.23. The number of hydrogen-bond acceptors (Lipinski definition) is 3. The van der Waals surface area contributed by atoms with Crippen LogP contribution >= 0.6 is 0 Å². The fourth-order valence-electron chi connectivity index (χ4n) is 1.99. The fraction of sp³-hybridized carbons (Fsp3) is 0.0714. The third-order valence-corrected chi connectivity index (χ3v) is 2.90.